The quantitative estimate of drug-likeness (QED) is 0.612. The third kappa shape index (κ3) is 7.03. The van der Waals surface area contributed by atoms with E-state index in [1.54, 1.807) is 24.3 Å². The Hall–Kier alpha value is -2.38. The topological polar surface area (TPSA) is 84.5 Å². The first-order valence-corrected chi connectivity index (χ1v) is 9.28. The van der Waals surface area contributed by atoms with E-state index in [2.05, 4.69) is 26.6 Å². The summed E-state index contributed by atoms with van der Waals surface area (Å²) in [7, 11) is 0. The highest BCUT2D eigenvalue weighted by Crippen LogP contribution is 2.25. The van der Waals surface area contributed by atoms with Crippen LogP contribution < -0.4 is 10.6 Å². The molecule has 2 amide bonds. The van der Waals surface area contributed by atoms with Gasteiger partial charge in [-0.1, -0.05) is 45.7 Å². The lowest BCUT2D eigenvalue weighted by Gasteiger charge is -2.09. The van der Waals surface area contributed by atoms with E-state index < -0.39 is 18.5 Å². The van der Waals surface area contributed by atoms with Gasteiger partial charge in [-0.2, -0.15) is 0 Å². The SMILES string of the molecule is Cc1ccccc1NC(=O)CCC(=O)OCC(=O)Nc1ccc(Br)cc1Cl. The van der Waals surface area contributed by atoms with Gasteiger partial charge in [0.1, 0.15) is 0 Å². The molecule has 0 spiro atoms. The van der Waals surface area contributed by atoms with E-state index in [1.165, 1.54) is 0 Å². The van der Waals surface area contributed by atoms with Gasteiger partial charge < -0.3 is 15.4 Å². The Bertz CT molecular complexity index is 857. The summed E-state index contributed by atoms with van der Waals surface area (Å²) in [5.41, 5.74) is 2.04. The Kier molecular flexibility index (Phi) is 7.82. The van der Waals surface area contributed by atoms with Gasteiger partial charge in [0.05, 0.1) is 17.1 Å². The Morgan fingerprint density at radius 1 is 1.00 bits per heavy atom. The predicted molar refractivity (Wildman–Crippen MR) is 108 cm³/mol. The normalized spacial score (nSPS) is 10.2. The highest BCUT2D eigenvalue weighted by Gasteiger charge is 2.12. The lowest BCUT2D eigenvalue weighted by molar-refractivity contribution is -0.147. The lowest BCUT2D eigenvalue weighted by atomic mass is 10.2. The van der Waals surface area contributed by atoms with E-state index >= 15 is 0 Å². The van der Waals surface area contributed by atoms with Crippen LogP contribution in [-0.2, 0) is 19.1 Å². The van der Waals surface area contributed by atoms with Crippen LogP contribution in [-0.4, -0.2) is 24.4 Å². The number of carbonyl (C=O) groups excluding carboxylic acids is 3. The highest BCUT2D eigenvalue weighted by atomic mass is 79.9. The number of hydrogen-bond acceptors (Lipinski definition) is 4. The summed E-state index contributed by atoms with van der Waals surface area (Å²) < 4.78 is 5.66. The van der Waals surface area contributed by atoms with Gasteiger partial charge in [-0.3, -0.25) is 14.4 Å². The first-order valence-electron chi connectivity index (χ1n) is 8.11. The van der Waals surface area contributed by atoms with Crippen molar-refractivity contribution in [3.05, 3.63) is 57.5 Å². The molecule has 0 aromatic heterocycles. The molecule has 27 heavy (non-hydrogen) atoms. The second-order valence-electron chi connectivity index (χ2n) is 5.70. The van der Waals surface area contributed by atoms with E-state index in [1.807, 2.05) is 25.1 Å². The van der Waals surface area contributed by atoms with E-state index in [9.17, 15) is 14.4 Å². The fourth-order valence-electron chi connectivity index (χ4n) is 2.14. The van der Waals surface area contributed by atoms with Crippen molar-refractivity contribution in [1.82, 2.24) is 0 Å². The third-order valence-electron chi connectivity index (χ3n) is 3.54. The monoisotopic (exact) mass is 452 g/mol. The van der Waals surface area contributed by atoms with Gasteiger partial charge in [0.25, 0.3) is 5.91 Å². The standard InChI is InChI=1S/C19H18BrClN2O4/c1-12-4-2-3-5-15(12)22-17(24)8-9-19(26)27-11-18(25)23-16-7-6-13(20)10-14(16)21/h2-7,10H,8-9,11H2,1H3,(H,22,24)(H,23,25). The van der Waals surface area contributed by atoms with Crippen LogP contribution in [0.3, 0.4) is 0 Å². The van der Waals surface area contributed by atoms with Gasteiger partial charge in [-0.15, -0.1) is 0 Å². The number of ether oxygens (including phenoxy) is 1. The second-order valence-corrected chi connectivity index (χ2v) is 7.02. The van der Waals surface area contributed by atoms with E-state index in [-0.39, 0.29) is 18.7 Å². The molecule has 6 nitrogen and oxygen atoms in total. The zero-order valence-corrected chi connectivity index (χ0v) is 16.9. The molecule has 8 heteroatoms. The van der Waals surface area contributed by atoms with E-state index in [4.69, 9.17) is 16.3 Å². The Morgan fingerprint density at radius 3 is 2.41 bits per heavy atom. The average molecular weight is 454 g/mol. The van der Waals surface area contributed by atoms with Crippen LogP contribution in [0.5, 0.6) is 0 Å². The van der Waals surface area contributed by atoms with Crippen molar-refractivity contribution in [3.8, 4) is 0 Å². The summed E-state index contributed by atoms with van der Waals surface area (Å²) in [5, 5.41) is 5.64. The summed E-state index contributed by atoms with van der Waals surface area (Å²) >= 11 is 9.27. The molecular weight excluding hydrogens is 436 g/mol. The average Bonchev–Trinajstić information content (AvgIpc) is 2.62. The molecule has 0 saturated heterocycles. The third-order valence-corrected chi connectivity index (χ3v) is 4.35. The summed E-state index contributed by atoms with van der Waals surface area (Å²) in [6.07, 6.45) is -0.155. The molecule has 0 aliphatic carbocycles. The molecule has 0 unspecified atom stereocenters. The molecule has 0 saturated carbocycles. The number of halogens is 2. The number of amides is 2. The summed E-state index contributed by atoms with van der Waals surface area (Å²) in [4.78, 5) is 35.5. The predicted octanol–water partition coefficient (Wildman–Crippen LogP) is 4.31. The number of carbonyl (C=O) groups is 3. The largest absolute Gasteiger partial charge is 0.456 e. The molecule has 2 aromatic rings. The number of anilines is 2. The van der Waals surface area contributed by atoms with Crippen LogP contribution in [0.25, 0.3) is 0 Å². The number of nitrogens with one attached hydrogen (secondary N) is 2. The smallest absolute Gasteiger partial charge is 0.306 e. The van der Waals surface area contributed by atoms with Gasteiger partial charge >= 0.3 is 5.97 Å². The van der Waals surface area contributed by atoms with Crippen LogP contribution in [0.4, 0.5) is 11.4 Å². The summed E-state index contributed by atoms with van der Waals surface area (Å²) in [5.74, 6) is -1.45. The maximum absolute atomic E-state index is 11.9. The van der Waals surface area contributed by atoms with E-state index in [0.29, 0.717) is 16.4 Å². The minimum Gasteiger partial charge on any atom is -0.456 e. The molecule has 0 aliphatic rings. The second kappa shape index (κ2) is 10.1. The molecule has 2 N–H and O–H groups in total. The maximum Gasteiger partial charge on any atom is 0.306 e. The molecule has 0 radical (unpaired) electrons. The van der Waals surface area contributed by atoms with Crippen molar-refractivity contribution in [1.29, 1.82) is 0 Å². The van der Waals surface area contributed by atoms with Gasteiger partial charge in [0.2, 0.25) is 5.91 Å². The first kappa shape index (κ1) is 20.9. The summed E-state index contributed by atoms with van der Waals surface area (Å²) in [6, 6.07) is 12.3. The zero-order chi connectivity index (χ0) is 19.8. The number of para-hydroxylation sites is 1. The Labute approximate surface area is 170 Å². The van der Waals surface area contributed by atoms with Crippen molar-refractivity contribution < 1.29 is 19.1 Å². The van der Waals surface area contributed by atoms with Gasteiger partial charge in [0.15, 0.2) is 6.61 Å². The molecule has 142 valence electrons. The van der Waals surface area contributed by atoms with Crippen LogP contribution >= 0.6 is 27.5 Å². The summed E-state index contributed by atoms with van der Waals surface area (Å²) in [6.45, 7) is 1.42. The molecule has 2 aromatic carbocycles. The number of hydrogen-bond donors (Lipinski definition) is 2. The van der Waals surface area contributed by atoms with Gasteiger partial charge in [-0.05, 0) is 36.8 Å². The molecule has 0 heterocycles. The fourth-order valence-corrected chi connectivity index (χ4v) is 2.86. The number of benzene rings is 2. The molecule has 0 atom stereocenters. The van der Waals surface area contributed by atoms with Crippen LogP contribution in [0.15, 0.2) is 46.9 Å². The molecule has 2 rings (SSSR count). The number of aryl methyl sites for hydroxylation is 1. The van der Waals surface area contributed by atoms with Crippen molar-refractivity contribution in [2.45, 2.75) is 19.8 Å². The van der Waals surface area contributed by atoms with Crippen molar-refractivity contribution in [2.75, 3.05) is 17.2 Å². The molecular formula is C19H18BrClN2O4. The molecule has 0 fully saturated rings. The van der Waals surface area contributed by atoms with Crippen LogP contribution in [0.1, 0.15) is 18.4 Å². The van der Waals surface area contributed by atoms with Crippen molar-refractivity contribution in [3.63, 3.8) is 0 Å². The Balaban J connectivity index is 1.71. The van der Waals surface area contributed by atoms with E-state index in [0.717, 1.165) is 10.0 Å². The minimum absolute atomic E-state index is 0.0344. The lowest BCUT2D eigenvalue weighted by Crippen LogP contribution is -2.22. The van der Waals surface area contributed by atoms with Crippen molar-refractivity contribution in [2.24, 2.45) is 0 Å². The maximum atomic E-state index is 11.9. The zero-order valence-electron chi connectivity index (χ0n) is 14.6. The molecule has 0 aliphatic heterocycles. The number of rotatable bonds is 7. The van der Waals surface area contributed by atoms with Gasteiger partial charge in [0, 0.05) is 16.6 Å². The first-order chi connectivity index (χ1) is 12.8. The molecule has 0 bridgehead atoms. The minimum atomic E-state index is -0.632. The fraction of sp³-hybridized carbons (Fsp3) is 0.211. The number of esters is 1. The van der Waals surface area contributed by atoms with Crippen molar-refractivity contribution >= 4 is 56.7 Å². The highest BCUT2D eigenvalue weighted by molar-refractivity contribution is 9.10. The van der Waals surface area contributed by atoms with Crippen LogP contribution in [0.2, 0.25) is 5.02 Å². The van der Waals surface area contributed by atoms with Crippen LogP contribution in [0, 0.1) is 6.92 Å². The van der Waals surface area contributed by atoms with Gasteiger partial charge in [-0.25, -0.2) is 0 Å². The Morgan fingerprint density at radius 2 is 1.70 bits per heavy atom.